The topological polar surface area (TPSA) is 17.8 Å². The molecule has 1 heterocycles. The van der Waals surface area contributed by atoms with Gasteiger partial charge in [0.15, 0.2) is 0 Å². The summed E-state index contributed by atoms with van der Waals surface area (Å²) in [5, 5.41) is 4.25. The first kappa shape index (κ1) is 9.90. The summed E-state index contributed by atoms with van der Waals surface area (Å²) in [5.41, 5.74) is 3.26. The normalized spacial score (nSPS) is 10.7. The molecule has 0 amide bonds. The minimum absolute atomic E-state index is 0.235. The van der Waals surface area contributed by atoms with Crippen molar-refractivity contribution >= 4 is 0 Å². The summed E-state index contributed by atoms with van der Waals surface area (Å²) >= 11 is 0. The second-order valence-electron chi connectivity index (χ2n) is 3.79. The van der Waals surface area contributed by atoms with Crippen molar-refractivity contribution < 1.29 is 4.39 Å². The van der Waals surface area contributed by atoms with Gasteiger partial charge in [0, 0.05) is 5.69 Å². The molecule has 78 valence electrons. The molecule has 0 spiro atoms. The van der Waals surface area contributed by atoms with E-state index in [4.69, 9.17) is 0 Å². The van der Waals surface area contributed by atoms with Gasteiger partial charge in [-0.1, -0.05) is 6.07 Å². The number of aromatic nitrogens is 2. The van der Waals surface area contributed by atoms with E-state index in [-0.39, 0.29) is 5.82 Å². The standard InChI is InChI=1S/C12H13FN2/c1-8-4-5-12(11(13)6-8)15-10(3)7-9(2)14-15/h4-7H,1-3H3. The van der Waals surface area contributed by atoms with Crippen molar-refractivity contribution in [3.05, 3.63) is 47.0 Å². The largest absolute Gasteiger partial charge is 0.235 e. The van der Waals surface area contributed by atoms with Crippen LogP contribution in [0.4, 0.5) is 4.39 Å². The van der Waals surface area contributed by atoms with Gasteiger partial charge in [-0.3, -0.25) is 0 Å². The molecule has 2 nitrogen and oxygen atoms in total. The summed E-state index contributed by atoms with van der Waals surface area (Å²) in [4.78, 5) is 0. The van der Waals surface area contributed by atoms with Gasteiger partial charge in [-0.05, 0) is 44.5 Å². The molecule has 0 unspecified atom stereocenters. The zero-order chi connectivity index (χ0) is 11.0. The Morgan fingerprint density at radius 3 is 2.40 bits per heavy atom. The van der Waals surface area contributed by atoms with E-state index in [1.54, 1.807) is 10.7 Å². The first-order chi connectivity index (χ1) is 7.08. The van der Waals surface area contributed by atoms with E-state index in [1.165, 1.54) is 6.07 Å². The second kappa shape index (κ2) is 3.50. The van der Waals surface area contributed by atoms with E-state index in [9.17, 15) is 4.39 Å². The Morgan fingerprint density at radius 1 is 1.13 bits per heavy atom. The smallest absolute Gasteiger partial charge is 0.149 e. The predicted molar refractivity (Wildman–Crippen MR) is 57.7 cm³/mol. The fraction of sp³-hybridized carbons (Fsp3) is 0.250. The lowest BCUT2D eigenvalue weighted by atomic mass is 10.2. The molecule has 0 fully saturated rings. The van der Waals surface area contributed by atoms with Gasteiger partial charge in [0.1, 0.15) is 11.5 Å². The highest BCUT2D eigenvalue weighted by Gasteiger charge is 2.08. The Labute approximate surface area is 88.4 Å². The van der Waals surface area contributed by atoms with Crippen molar-refractivity contribution in [2.75, 3.05) is 0 Å². The maximum Gasteiger partial charge on any atom is 0.149 e. The van der Waals surface area contributed by atoms with Gasteiger partial charge in [0.25, 0.3) is 0 Å². The third-order valence-corrected chi connectivity index (χ3v) is 2.34. The number of benzene rings is 1. The van der Waals surface area contributed by atoms with E-state index >= 15 is 0 Å². The molecule has 2 rings (SSSR count). The van der Waals surface area contributed by atoms with Crippen LogP contribution in [0.25, 0.3) is 5.69 Å². The van der Waals surface area contributed by atoms with Crippen LogP contribution in [0, 0.1) is 26.6 Å². The molecule has 2 aromatic rings. The Morgan fingerprint density at radius 2 is 1.87 bits per heavy atom. The third-order valence-electron chi connectivity index (χ3n) is 2.34. The molecule has 15 heavy (non-hydrogen) atoms. The first-order valence-corrected chi connectivity index (χ1v) is 4.88. The summed E-state index contributed by atoms with van der Waals surface area (Å²) in [7, 11) is 0. The monoisotopic (exact) mass is 204 g/mol. The van der Waals surface area contributed by atoms with E-state index in [0.717, 1.165) is 17.0 Å². The van der Waals surface area contributed by atoms with Crippen LogP contribution < -0.4 is 0 Å². The summed E-state index contributed by atoms with van der Waals surface area (Å²) in [6.45, 7) is 5.68. The highest BCUT2D eigenvalue weighted by molar-refractivity contribution is 5.37. The SMILES string of the molecule is Cc1ccc(-n2nc(C)cc2C)c(F)c1. The second-order valence-corrected chi connectivity index (χ2v) is 3.79. The lowest BCUT2D eigenvalue weighted by molar-refractivity contribution is 0.607. The summed E-state index contributed by atoms with van der Waals surface area (Å²) < 4.78 is 15.3. The van der Waals surface area contributed by atoms with Crippen LogP contribution in [-0.2, 0) is 0 Å². The summed E-state index contributed by atoms with van der Waals surface area (Å²) in [5.74, 6) is -0.235. The van der Waals surface area contributed by atoms with Crippen molar-refractivity contribution in [2.45, 2.75) is 20.8 Å². The Hall–Kier alpha value is -1.64. The highest BCUT2D eigenvalue weighted by Crippen LogP contribution is 2.16. The van der Waals surface area contributed by atoms with Crippen molar-refractivity contribution in [3.8, 4) is 5.69 Å². The molecule has 0 saturated heterocycles. The van der Waals surface area contributed by atoms with Crippen molar-refractivity contribution in [1.82, 2.24) is 9.78 Å². The van der Waals surface area contributed by atoms with Gasteiger partial charge in [-0.25, -0.2) is 9.07 Å². The maximum absolute atomic E-state index is 13.7. The van der Waals surface area contributed by atoms with Crippen LogP contribution in [0.15, 0.2) is 24.3 Å². The molecular formula is C12H13FN2. The van der Waals surface area contributed by atoms with Crippen LogP contribution >= 0.6 is 0 Å². The van der Waals surface area contributed by atoms with Crippen LogP contribution in [0.3, 0.4) is 0 Å². The Bertz CT molecular complexity index is 500. The van der Waals surface area contributed by atoms with Gasteiger partial charge in [-0.2, -0.15) is 5.10 Å². The van der Waals surface area contributed by atoms with Crippen molar-refractivity contribution in [3.63, 3.8) is 0 Å². The maximum atomic E-state index is 13.7. The Balaban J connectivity index is 2.59. The number of hydrogen-bond donors (Lipinski definition) is 0. The Kier molecular flexibility index (Phi) is 2.31. The quantitative estimate of drug-likeness (QED) is 0.698. The fourth-order valence-corrected chi connectivity index (χ4v) is 1.66. The predicted octanol–water partition coefficient (Wildman–Crippen LogP) is 2.94. The van der Waals surface area contributed by atoms with Crippen molar-refractivity contribution in [1.29, 1.82) is 0 Å². The van der Waals surface area contributed by atoms with E-state index in [1.807, 2.05) is 32.9 Å². The lowest BCUT2D eigenvalue weighted by Crippen LogP contribution is -2.02. The number of halogens is 1. The average Bonchev–Trinajstić information content (AvgIpc) is 2.45. The van der Waals surface area contributed by atoms with Crippen LogP contribution in [0.5, 0.6) is 0 Å². The van der Waals surface area contributed by atoms with E-state index < -0.39 is 0 Å². The zero-order valence-electron chi connectivity index (χ0n) is 9.08. The minimum atomic E-state index is -0.235. The minimum Gasteiger partial charge on any atom is -0.235 e. The van der Waals surface area contributed by atoms with E-state index in [0.29, 0.717) is 5.69 Å². The molecule has 0 saturated carbocycles. The molecule has 0 N–H and O–H groups in total. The van der Waals surface area contributed by atoms with Crippen LogP contribution in [-0.4, -0.2) is 9.78 Å². The molecule has 3 heteroatoms. The summed E-state index contributed by atoms with van der Waals surface area (Å²) in [6.07, 6.45) is 0. The molecule has 1 aromatic carbocycles. The van der Waals surface area contributed by atoms with Gasteiger partial charge >= 0.3 is 0 Å². The third kappa shape index (κ3) is 1.77. The van der Waals surface area contributed by atoms with Gasteiger partial charge in [0.05, 0.1) is 5.69 Å². The molecule has 0 bridgehead atoms. The molecule has 0 aliphatic heterocycles. The molecule has 0 aliphatic rings. The van der Waals surface area contributed by atoms with E-state index in [2.05, 4.69) is 5.10 Å². The molecule has 0 aliphatic carbocycles. The highest BCUT2D eigenvalue weighted by atomic mass is 19.1. The molecular weight excluding hydrogens is 191 g/mol. The van der Waals surface area contributed by atoms with Gasteiger partial charge in [-0.15, -0.1) is 0 Å². The fourth-order valence-electron chi connectivity index (χ4n) is 1.66. The number of hydrogen-bond acceptors (Lipinski definition) is 1. The summed E-state index contributed by atoms with van der Waals surface area (Å²) in [6, 6.07) is 7.09. The average molecular weight is 204 g/mol. The van der Waals surface area contributed by atoms with Crippen molar-refractivity contribution in [2.24, 2.45) is 0 Å². The molecule has 0 radical (unpaired) electrons. The number of rotatable bonds is 1. The van der Waals surface area contributed by atoms with Gasteiger partial charge < -0.3 is 0 Å². The first-order valence-electron chi connectivity index (χ1n) is 4.88. The lowest BCUT2D eigenvalue weighted by Gasteiger charge is -2.06. The number of nitrogens with zero attached hydrogens (tertiary/aromatic N) is 2. The van der Waals surface area contributed by atoms with Crippen LogP contribution in [0.2, 0.25) is 0 Å². The van der Waals surface area contributed by atoms with Crippen LogP contribution in [0.1, 0.15) is 17.0 Å². The molecule has 0 atom stereocenters. The van der Waals surface area contributed by atoms with Gasteiger partial charge in [0.2, 0.25) is 0 Å². The molecule has 1 aromatic heterocycles. The number of aryl methyl sites for hydroxylation is 3. The zero-order valence-corrected chi connectivity index (χ0v) is 9.08.